The molecule has 3 nitrogen and oxygen atoms in total. The second-order valence-electron chi connectivity index (χ2n) is 8.56. The van der Waals surface area contributed by atoms with Crippen LogP contribution in [-0.4, -0.2) is 9.97 Å². The standard InChI is InChI=1S/C31H17N3S/c1-32-23-7-2-5-21(17-23)24-8-3-9-28-29(24)25-18-22(13-15-27(25)35-28)26-14-12-20-11-10-19-6-4-16-33-30(19)31(20)34-26/h2-18H. The molecule has 162 valence electrons. The fourth-order valence-corrected chi connectivity index (χ4v) is 5.97. The number of nitrogens with zero attached hydrogens (tertiary/aromatic N) is 3. The molecular weight excluding hydrogens is 446 g/mol. The average molecular weight is 464 g/mol. The quantitative estimate of drug-likeness (QED) is 0.189. The molecule has 7 rings (SSSR count). The molecule has 0 fully saturated rings. The molecule has 0 aliphatic heterocycles. The molecule has 0 radical (unpaired) electrons. The van der Waals surface area contributed by atoms with E-state index in [1.165, 1.54) is 20.2 Å². The summed E-state index contributed by atoms with van der Waals surface area (Å²) in [5.41, 5.74) is 6.74. The fourth-order valence-electron chi connectivity index (χ4n) is 4.85. The van der Waals surface area contributed by atoms with Gasteiger partial charge in [0, 0.05) is 42.7 Å². The maximum Gasteiger partial charge on any atom is 0.187 e. The lowest BCUT2D eigenvalue weighted by Gasteiger charge is -2.08. The number of pyridine rings is 2. The summed E-state index contributed by atoms with van der Waals surface area (Å²) in [4.78, 5) is 13.3. The Labute approximate surface area is 205 Å². The van der Waals surface area contributed by atoms with Crippen molar-refractivity contribution in [3.63, 3.8) is 0 Å². The van der Waals surface area contributed by atoms with Crippen LogP contribution in [0, 0.1) is 6.57 Å². The van der Waals surface area contributed by atoms with Crippen LogP contribution in [-0.2, 0) is 0 Å². The zero-order valence-electron chi connectivity index (χ0n) is 18.6. The van der Waals surface area contributed by atoms with Crippen molar-refractivity contribution in [1.29, 1.82) is 0 Å². The number of rotatable bonds is 2. The molecule has 3 heterocycles. The smallest absolute Gasteiger partial charge is 0.187 e. The van der Waals surface area contributed by atoms with E-state index in [1.54, 1.807) is 11.3 Å². The molecule has 0 bridgehead atoms. The SMILES string of the molecule is [C-]#[N+]c1cccc(-c2cccc3sc4ccc(-c5ccc6ccc7cccnc7c6n5)cc4c23)c1. The largest absolute Gasteiger partial charge is 0.254 e. The molecule has 0 saturated heterocycles. The molecule has 4 heteroatoms. The van der Waals surface area contributed by atoms with Crippen molar-refractivity contribution in [2.24, 2.45) is 0 Å². The summed E-state index contributed by atoms with van der Waals surface area (Å²) in [5, 5.41) is 4.62. The summed E-state index contributed by atoms with van der Waals surface area (Å²) < 4.78 is 2.48. The van der Waals surface area contributed by atoms with Gasteiger partial charge in [0.2, 0.25) is 0 Å². The van der Waals surface area contributed by atoms with Gasteiger partial charge in [-0.25, -0.2) is 9.83 Å². The van der Waals surface area contributed by atoms with Crippen LogP contribution in [0.3, 0.4) is 0 Å². The third-order valence-corrected chi connectivity index (χ3v) is 7.65. The number of hydrogen-bond donors (Lipinski definition) is 0. The molecule has 7 aromatic rings. The van der Waals surface area contributed by atoms with Crippen molar-refractivity contribution in [3.05, 3.63) is 115 Å². The Morgan fingerprint density at radius 2 is 1.54 bits per heavy atom. The minimum atomic E-state index is 0.654. The number of hydrogen-bond acceptors (Lipinski definition) is 3. The van der Waals surface area contributed by atoms with Crippen LogP contribution < -0.4 is 0 Å². The van der Waals surface area contributed by atoms with Gasteiger partial charge in [-0.3, -0.25) is 4.98 Å². The van der Waals surface area contributed by atoms with Crippen molar-refractivity contribution < 1.29 is 0 Å². The summed E-state index contributed by atoms with van der Waals surface area (Å²) >= 11 is 1.80. The summed E-state index contributed by atoms with van der Waals surface area (Å²) in [7, 11) is 0. The maximum atomic E-state index is 7.41. The zero-order chi connectivity index (χ0) is 23.4. The Bertz CT molecular complexity index is 1980. The van der Waals surface area contributed by atoms with Gasteiger partial charge in [-0.2, -0.15) is 0 Å². The molecule has 0 aliphatic carbocycles. The summed E-state index contributed by atoms with van der Waals surface area (Å²) in [5.74, 6) is 0. The average Bonchev–Trinajstić information content (AvgIpc) is 3.31. The van der Waals surface area contributed by atoms with E-state index >= 15 is 0 Å². The Hall–Kier alpha value is -4.59. The van der Waals surface area contributed by atoms with E-state index in [9.17, 15) is 0 Å². The van der Waals surface area contributed by atoms with E-state index in [4.69, 9.17) is 11.6 Å². The normalized spacial score (nSPS) is 11.4. The van der Waals surface area contributed by atoms with E-state index in [0.29, 0.717) is 5.69 Å². The molecule has 0 spiro atoms. The van der Waals surface area contributed by atoms with E-state index in [0.717, 1.165) is 44.2 Å². The van der Waals surface area contributed by atoms with Gasteiger partial charge in [0.15, 0.2) is 5.69 Å². The van der Waals surface area contributed by atoms with E-state index < -0.39 is 0 Å². The zero-order valence-corrected chi connectivity index (χ0v) is 19.4. The number of thiophene rings is 1. The lowest BCUT2D eigenvalue weighted by atomic mass is 9.98. The Balaban J connectivity index is 1.46. The van der Waals surface area contributed by atoms with Gasteiger partial charge in [-0.1, -0.05) is 60.7 Å². The van der Waals surface area contributed by atoms with Crippen molar-refractivity contribution in [1.82, 2.24) is 9.97 Å². The highest BCUT2D eigenvalue weighted by molar-refractivity contribution is 7.26. The van der Waals surface area contributed by atoms with Gasteiger partial charge in [0.05, 0.1) is 23.3 Å². The van der Waals surface area contributed by atoms with Gasteiger partial charge in [-0.15, -0.1) is 11.3 Å². The molecule has 0 atom stereocenters. The van der Waals surface area contributed by atoms with Gasteiger partial charge in [0.25, 0.3) is 0 Å². The minimum absolute atomic E-state index is 0.654. The summed E-state index contributed by atoms with van der Waals surface area (Å²) in [6.45, 7) is 7.41. The first kappa shape index (κ1) is 19.8. The third-order valence-electron chi connectivity index (χ3n) is 6.51. The van der Waals surface area contributed by atoms with E-state index in [-0.39, 0.29) is 0 Å². The number of aromatic nitrogens is 2. The summed E-state index contributed by atoms with van der Waals surface area (Å²) in [6.07, 6.45) is 1.82. The Kier molecular flexibility index (Phi) is 4.38. The predicted molar refractivity (Wildman–Crippen MR) is 147 cm³/mol. The first-order chi connectivity index (χ1) is 17.3. The monoisotopic (exact) mass is 463 g/mol. The summed E-state index contributed by atoms with van der Waals surface area (Å²) in [6, 6.07) is 33.3. The molecule has 0 amide bonds. The van der Waals surface area contributed by atoms with Gasteiger partial charge in [0.1, 0.15) is 0 Å². The fraction of sp³-hybridized carbons (Fsp3) is 0. The molecular formula is C31H17N3S. The van der Waals surface area contributed by atoms with Crippen LogP contribution >= 0.6 is 11.3 Å². The molecule has 0 aliphatic rings. The number of benzene rings is 4. The maximum absolute atomic E-state index is 7.41. The van der Waals surface area contributed by atoms with Crippen LogP contribution in [0.1, 0.15) is 0 Å². The molecule has 0 saturated carbocycles. The molecule has 4 aromatic carbocycles. The van der Waals surface area contributed by atoms with Crippen molar-refractivity contribution in [2.75, 3.05) is 0 Å². The highest BCUT2D eigenvalue weighted by Crippen LogP contribution is 2.42. The third kappa shape index (κ3) is 3.18. The molecule has 3 aromatic heterocycles. The first-order valence-electron chi connectivity index (χ1n) is 11.4. The topological polar surface area (TPSA) is 30.1 Å². The van der Waals surface area contributed by atoms with Gasteiger partial charge >= 0.3 is 0 Å². The molecule has 35 heavy (non-hydrogen) atoms. The van der Waals surface area contributed by atoms with Crippen molar-refractivity contribution >= 4 is 59.0 Å². The Morgan fingerprint density at radius 1 is 0.686 bits per heavy atom. The van der Waals surface area contributed by atoms with Crippen molar-refractivity contribution in [2.45, 2.75) is 0 Å². The molecule has 0 unspecified atom stereocenters. The highest BCUT2D eigenvalue weighted by atomic mass is 32.1. The van der Waals surface area contributed by atoms with Crippen LogP contribution in [0.4, 0.5) is 5.69 Å². The van der Waals surface area contributed by atoms with E-state index in [1.807, 2.05) is 30.5 Å². The lowest BCUT2D eigenvalue weighted by molar-refractivity contribution is 1.37. The lowest BCUT2D eigenvalue weighted by Crippen LogP contribution is -1.88. The predicted octanol–water partition coefficient (Wildman–Crippen LogP) is 9.04. The van der Waals surface area contributed by atoms with E-state index in [2.05, 4.69) is 82.6 Å². The van der Waals surface area contributed by atoms with Gasteiger partial charge in [-0.05, 0) is 47.5 Å². The van der Waals surface area contributed by atoms with Crippen molar-refractivity contribution in [3.8, 4) is 22.4 Å². The second kappa shape index (κ2) is 7.73. The molecule has 0 N–H and O–H groups in total. The number of fused-ring (bicyclic) bond motifs is 6. The van der Waals surface area contributed by atoms with Crippen LogP contribution in [0.2, 0.25) is 0 Å². The van der Waals surface area contributed by atoms with Crippen LogP contribution in [0.25, 0.3) is 69.2 Å². The van der Waals surface area contributed by atoms with Crippen LogP contribution in [0.5, 0.6) is 0 Å². The Morgan fingerprint density at radius 3 is 2.46 bits per heavy atom. The van der Waals surface area contributed by atoms with Crippen LogP contribution in [0.15, 0.2) is 103 Å². The second-order valence-corrected chi connectivity index (χ2v) is 9.65. The highest BCUT2D eigenvalue weighted by Gasteiger charge is 2.13. The van der Waals surface area contributed by atoms with Gasteiger partial charge < -0.3 is 0 Å². The first-order valence-corrected chi connectivity index (χ1v) is 12.2. The minimum Gasteiger partial charge on any atom is -0.254 e.